The van der Waals surface area contributed by atoms with Gasteiger partial charge in [-0.25, -0.2) is 0 Å². The maximum absolute atomic E-state index is 9.48. The lowest BCUT2D eigenvalue weighted by atomic mass is 10.2. The van der Waals surface area contributed by atoms with Crippen molar-refractivity contribution in [2.45, 2.75) is 6.61 Å². The number of phenols is 1. The Morgan fingerprint density at radius 2 is 2.00 bits per heavy atom. The highest BCUT2D eigenvalue weighted by Crippen LogP contribution is 2.23. The van der Waals surface area contributed by atoms with Gasteiger partial charge < -0.3 is 9.84 Å². The zero-order valence-corrected chi connectivity index (χ0v) is 9.00. The lowest BCUT2D eigenvalue weighted by Crippen LogP contribution is -1.95. The molecule has 0 aliphatic rings. The average Bonchev–Trinajstić information content (AvgIpc) is 2.38. The molecule has 1 aromatic heterocycles. The molecule has 1 aromatic carbocycles. The molecule has 0 atom stereocenters. The van der Waals surface area contributed by atoms with Crippen molar-refractivity contribution in [2.75, 3.05) is 0 Å². The van der Waals surface area contributed by atoms with E-state index in [-0.39, 0.29) is 11.3 Å². The van der Waals surface area contributed by atoms with Crippen molar-refractivity contribution in [3.8, 4) is 17.6 Å². The maximum atomic E-state index is 9.48. The first-order chi connectivity index (χ1) is 8.29. The fourth-order valence-electron chi connectivity index (χ4n) is 1.34. The van der Waals surface area contributed by atoms with Crippen LogP contribution in [-0.2, 0) is 6.61 Å². The van der Waals surface area contributed by atoms with E-state index < -0.39 is 0 Å². The number of benzene rings is 1. The van der Waals surface area contributed by atoms with E-state index in [9.17, 15) is 5.11 Å². The van der Waals surface area contributed by atoms with E-state index >= 15 is 0 Å². The van der Waals surface area contributed by atoms with Gasteiger partial charge in [0.25, 0.3) is 0 Å². The van der Waals surface area contributed by atoms with Crippen LogP contribution in [-0.4, -0.2) is 10.1 Å². The highest BCUT2D eigenvalue weighted by Gasteiger charge is 2.02. The highest BCUT2D eigenvalue weighted by molar-refractivity contribution is 5.46. The molecule has 84 valence electrons. The van der Waals surface area contributed by atoms with E-state index in [0.717, 1.165) is 5.56 Å². The third-order valence-corrected chi connectivity index (χ3v) is 2.24. The molecule has 4 heteroatoms. The Labute approximate surface area is 98.7 Å². The van der Waals surface area contributed by atoms with E-state index in [1.54, 1.807) is 18.5 Å². The summed E-state index contributed by atoms with van der Waals surface area (Å²) in [5.74, 6) is 0.457. The zero-order valence-electron chi connectivity index (χ0n) is 9.00. The second kappa shape index (κ2) is 4.99. The van der Waals surface area contributed by atoms with Gasteiger partial charge in [-0.2, -0.15) is 5.26 Å². The second-order valence-electron chi connectivity index (χ2n) is 3.43. The van der Waals surface area contributed by atoms with Gasteiger partial charge in [0, 0.05) is 18.5 Å². The molecule has 0 fully saturated rings. The van der Waals surface area contributed by atoms with Crippen molar-refractivity contribution in [1.82, 2.24) is 4.98 Å². The quantitative estimate of drug-likeness (QED) is 0.871. The van der Waals surface area contributed by atoms with E-state index in [0.29, 0.717) is 12.4 Å². The van der Waals surface area contributed by atoms with Crippen molar-refractivity contribution in [1.29, 1.82) is 5.26 Å². The molecule has 1 N–H and O–H groups in total. The number of nitrogens with zero attached hydrogens (tertiary/aromatic N) is 2. The number of hydrogen-bond acceptors (Lipinski definition) is 4. The lowest BCUT2D eigenvalue weighted by molar-refractivity contribution is 0.304. The van der Waals surface area contributed by atoms with Crippen LogP contribution in [0, 0.1) is 11.3 Å². The smallest absolute Gasteiger partial charge is 0.137 e. The summed E-state index contributed by atoms with van der Waals surface area (Å²) >= 11 is 0. The van der Waals surface area contributed by atoms with E-state index in [1.807, 2.05) is 18.2 Å². The second-order valence-corrected chi connectivity index (χ2v) is 3.43. The molecule has 17 heavy (non-hydrogen) atoms. The van der Waals surface area contributed by atoms with Crippen LogP contribution < -0.4 is 4.74 Å². The molecular weight excluding hydrogens is 216 g/mol. The normalized spacial score (nSPS) is 9.59. The summed E-state index contributed by atoms with van der Waals surface area (Å²) in [6.45, 7) is 0.397. The minimum Gasteiger partial charge on any atom is -0.506 e. The fourth-order valence-corrected chi connectivity index (χ4v) is 1.34. The minimum absolute atomic E-state index is 0.0697. The summed E-state index contributed by atoms with van der Waals surface area (Å²) < 4.78 is 5.48. The molecule has 1 heterocycles. The van der Waals surface area contributed by atoms with Crippen LogP contribution in [0.3, 0.4) is 0 Å². The molecule has 0 spiro atoms. The van der Waals surface area contributed by atoms with E-state index in [2.05, 4.69) is 4.98 Å². The van der Waals surface area contributed by atoms with Crippen molar-refractivity contribution in [2.24, 2.45) is 0 Å². The first kappa shape index (κ1) is 11.0. The van der Waals surface area contributed by atoms with Crippen LogP contribution >= 0.6 is 0 Å². The van der Waals surface area contributed by atoms with Crippen LogP contribution in [0.5, 0.6) is 11.5 Å². The molecule has 2 rings (SSSR count). The maximum Gasteiger partial charge on any atom is 0.137 e. The first-order valence-corrected chi connectivity index (χ1v) is 5.04. The number of phenolic OH excluding ortho intramolecular Hbond substituents is 1. The Hall–Kier alpha value is -2.54. The standard InChI is InChI=1S/C13H10N2O2/c14-8-11-1-2-12(7-13(11)16)17-9-10-3-5-15-6-4-10/h1-7,16H,9H2. The Kier molecular flexibility index (Phi) is 3.22. The van der Waals surface area contributed by atoms with Crippen LogP contribution in [0.2, 0.25) is 0 Å². The Bertz CT molecular complexity index is 547. The lowest BCUT2D eigenvalue weighted by Gasteiger charge is -2.06. The third kappa shape index (κ3) is 2.73. The Morgan fingerprint density at radius 3 is 2.65 bits per heavy atom. The molecule has 0 unspecified atom stereocenters. The first-order valence-electron chi connectivity index (χ1n) is 5.04. The number of pyridine rings is 1. The van der Waals surface area contributed by atoms with Gasteiger partial charge in [-0.1, -0.05) is 0 Å². The molecule has 0 aliphatic carbocycles. The molecule has 4 nitrogen and oxygen atoms in total. The molecule has 0 radical (unpaired) electrons. The van der Waals surface area contributed by atoms with Crippen LogP contribution in [0.15, 0.2) is 42.7 Å². The van der Waals surface area contributed by atoms with Gasteiger partial charge in [0.2, 0.25) is 0 Å². The van der Waals surface area contributed by atoms with Crippen molar-refractivity contribution in [3.05, 3.63) is 53.9 Å². The van der Waals surface area contributed by atoms with Crippen molar-refractivity contribution >= 4 is 0 Å². The monoisotopic (exact) mass is 226 g/mol. The van der Waals surface area contributed by atoms with Gasteiger partial charge in [-0.3, -0.25) is 4.98 Å². The Balaban J connectivity index is 2.06. The van der Waals surface area contributed by atoms with Gasteiger partial charge in [0.15, 0.2) is 0 Å². The molecule has 0 amide bonds. The number of ether oxygens (including phenoxy) is 1. The van der Waals surface area contributed by atoms with Gasteiger partial charge in [0.1, 0.15) is 24.2 Å². The molecule has 2 aromatic rings. The fraction of sp³-hybridized carbons (Fsp3) is 0.0769. The van der Waals surface area contributed by atoms with Crippen molar-refractivity contribution in [3.63, 3.8) is 0 Å². The topological polar surface area (TPSA) is 66.1 Å². The third-order valence-electron chi connectivity index (χ3n) is 2.24. The zero-order chi connectivity index (χ0) is 12.1. The number of rotatable bonds is 3. The SMILES string of the molecule is N#Cc1ccc(OCc2ccncc2)cc1O. The molecule has 0 bridgehead atoms. The highest BCUT2D eigenvalue weighted by atomic mass is 16.5. The predicted octanol–water partition coefficient (Wildman–Crippen LogP) is 2.24. The molecular formula is C13H10N2O2. The molecule has 0 aliphatic heterocycles. The number of hydrogen-bond donors (Lipinski definition) is 1. The number of aromatic nitrogens is 1. The van der Waals surface area contributed by atoms with Crippen molar-refractivity contribution < 1.29 is 9.84 Å². The van der Waals surface area contributed by atoms with Gasteiger partial charge in [-0.05, 0) is 29.8 Å². The summed E-state index contributed by atoms with van der Waals surface area (Å²) in [6.07, 6.45) is 3.38. The molecule has 0 saturated heterocycles. The number of aromatic hydroxyl groups is 1. The Morgan fingerprint density at radius 1 is 1.24 bits per heavy atom. The van der Waals surface area contributed by atoms with Crippen LogP contribution in [0.4, 0.5) is 0 Å². The van der Waals surface area contributed by atoms with Gasteiger partial charge in [0.05, 0.1) is 5.56 Å². The summed E-state index contributed by atoms with van der Waals surface area (Å²) in [5.41, 5.74) is 1.23. The molecule has 0 saturated carbocycles. The minimum atomic E-state index is -0.0697. The van der Waals surface area contributed by atoms with Crippen LogP contribution in [0.1, 0.15) is 11.1 Å². The van der Waals surface area contributed by atoms with Gasteiger partial charge >= 0.3 is 0 Å². The largest absolute Gasteiger partial charge is 0.506 e. The van der Waals surface area contributed by atoms with E-state index in [4.69, 9.17) is 10.00 Å². The average molecular weight is 226 g/mol. The summed E-state index contributed by atoms with van der Waals surface area (Å²) in [6, 6.07) is 10.2. The van der Waals surface area contributed by atoms with Crippen LogP contribution in [0.25, 0.3) is 0 Å². The summed E-state index contributed by atoms with van der Waals surface area (Å²) in [5, 5.41) is 18.1. The summed E-state index contributed by atoms with van der Waals surface area (Å²) in [7, 11) is 0. The van der Waals surface area contributed by atoms with Gasteiger partial charge in [-0.15, -0.1) is 0 Å². The number of nitriles is 1. The van der Waals surface area contributed by atoms with E-state index in [1.165, 1.54) is 12.1 Å². The summed E-state index contributed by atoms with van der Waals surface area (Å²) in [4.78, 5) is 3.91. The predicted molar refractivity (Wildman–Crippen MR) is 61.4 cm³/mol.